The van der Waals surface area contributed by atoms with E-state index in [-0.39, 0.29) is 0 Å². The molecule has 8 heteroatoms. The summed E-state index contributed by atoms with van der Waals surface area (Å²) in [4.78, 5) is 20.8. The number of pyridine rings is 1. The quantitative estimate of drug-likeness (QED) is 0.742. The van der Waals surface area contributed by atoms with Gasteiger partial charge in [0.1, 0.15) is 6.04 Å². The van der Waals surface area contributed by atoms with Crippen LogP contribution < -0.4 is 11.1 Å². The van der Waals surface area contributed by atoms with E-state index in [9.17, 15) is 4.79 Å². The summed E-state index contributed by atoms with van der Waals surface area (Å²) in [6, 6.07) is 10.4. The fourth-order valence-electron chi connectivity index (χ4n) is 3.07. The third-order valence-corrected chi connectivity index (χ3v) is 4.58. The molecule has 130 valence electrons. The Labute approximate surface area is 154 Å². The standard InChI is InChI=1S/C18H15ClN6O/c1-10-14(16(20)26)15(12-6-2-3-7-13(12)19)25-18(22-10)23-17(24-25)11-5-4-8-21-9-11/h2-9,15H,1H3,(H2,20,26)(H,22,23,24). The van der Waals surface area contributed by atoms with Gasteiger partial charge in [-0.3, -0.25) is 9.78 Å². The third-order valence-electron chi connectivity index (χ3n) is 4.24. The number of nitrogens with two attached hydrogens (primary N) is 1. The molecule has 1 amide bonds. The number of rotatable bonds is 3. The molecule has 0 aliphatic carbocycles. The first-order valence-corrected chi connectivity index (χ1v) is 8.33. The second-order valence-corrected chi connectivity index (χ2v) is 6.30. The number of hydrogen-bond donors (Lipinski definition) is 2. The van der Waals surface area contributed by atoms with Crippen LogP contribution in [-0.4, -0.2) is 25.7 Å². The van der Waals surface area contributed by atoms with E-state index >= 15 is 0 Å². The van der Waals surface area contributed by atoms with Crippen LogP contribution >= 0.6 is 11.6 Å². The summed E-state index contributed by atoms with van der Waals surface area (Å²) < 4.78 is 1.64. The van der Waals surface area contributed by atoms with Gasteiger partial charge in [0.05, 0.1) is 5.57 Å². The molecule has 3 N–H and O–H groups in total. The molecule has 0 saturated carbocycles. The fraction of sp³-hybridized carbons (Fsp3) is 0.111. The predicted octanol–water partition coefficient (Wildman–Crippen LogP) is 2.77. The molecule has 0 spiro atoms. The van der Waals surface area contributed by atoms with Gasteiger partial charge in [0.15, 0.2) is 5.82 Å². The number of allylic oxidation sites excluding steroid dienone is 1. The van der Waals surface area contributed by atoms with Crippen molar-refractivity contribution in [1.82, 2.24) is 19.7 Å². The Kier molecular flexibility index (Phi) is 3.93. The first-order chi connectivity index (χ1) is 12.6. The number of benzene rings is 1. The van der Waals surface area contributed by atoms with E-state index in [1.807, 2.05) is 30.3 Å². The number of carbonyl (C=O) groups is 1. The number of primary amides is 1. The van der Waals surface area contributed by atoms with E-state index in [0.717, 1.165) is 11.1 Å². The van der Waals surface area contributed by atoms with E-state index in [0.29, 0.717) is 28.1 Å². The molecule has 1 atom stereocenters. The van der Waals surface area contributed by atoms with Crippen LogP contribution in [0.1, 0.15) is 18.5 Å². The molecule has 4 rings (SSSR count). The lowest BCUT2D eigenvalue weighted by atomic mass is 9.95. The van der Waals surface area contributed by atoms with Gasteiger partial charge in [0.2, 0.25) is 11.9 Å². The second kappa shape index (κ2) is 6.27. The zero-order valence-electron chi connectivity index (χ0n) is 13.8. The van der Waals surface area contributed by atoms with Crippen LogP contribution in [-0.2, 0) is 4.79 Å². The predicted molar refractivity (Wildman–Crippen MR) is 98.4 cm³/mol. The number of nitrogens with zero attached hydrogens (tertiary/aromatic N) is 4. The Morgan fingerprint density at radius 3 is 2.77 bits per heavy atom. The van der Waals surface area contributed by atoms with E-state index in [1.165, 1.54) is 0 Å². The SMILES string of the molecule is CC1=C(C(N)=O)C(c2ccccc2Cl)n2nc(-c3cccnc3)nc2N1. The minimum Gasteiger partial charge on any atom is -0.366 e. The maximum atomic E-state index is 12.2. The van der Waals surface area contributed by atoms with Gasteiger partial charge in [-0.2, -0.15) is 4.98 Å². The molecule has 3 heterocycles. The Morgan fingerprint density at radius 1 is 1.27 bits per heavy atom. The first-order valence-electron chi connectivity index (χ1n) is 7.95. The van der Waals surface area contributed by atoms with Crippen LogP contribution in [0, 0.1) is 0 Å². The van der Waals surface area contributed by atoms with Crippen LogP contribution in [0.25, 0.3) is 11.4 Å². The molecule has 0 radical (unpaired) electrons. The van der Waals surface area contributed by atoms with E-state index < -0.39 is 11.9 Å². The van der Waals surface area contributed by atoms with Gasteiger partial charge >= 0.3 is 0 Å². The maximum absolute atomic E-state index is 12.2. The smallest absolute Gasteiger partial charge is 0.248 e. The van der Waals surface area contributed by atoms with Crippen molar-refractivity contribution in [1.29, 1.82) is 0 Å². The number of hydrogen-bond acceptors (Lipinski definition) is 5. The van der Waals surface area contributed by atoms with Crippen LogP contribution in [0.5, 0.6) is 0 Å². The molecule has 26 heavy (non-hydrogen) atoms. The number of aromatic nitrogens is 4. The van der Waals surface area contributed by atoms with Crippen molar-refractivity contribution in [3.05, 3.63) is 70.6 Å². The highest BCUT2D eigenvalue weighted by Gasteiger charge is 2.34. The van der Waals surface area contributed by atoms with Crippen molar-refractivity contribution in [2.45, 2.75) is 13.0 Å². The first kappa shape index (κ1) is 16.3. The highest BCUT2D eigenvalue weighted by Crippen LogP contribution is 2.38. The van der Waals surface area contributed by atoms with Crippen LogP contribution in [0.15, 0.2) is 60.1 Å². The Hall–Kier alpha value is -3.19. The normalized spacial score (nSPS) is 16.2. The van der Waals surface area contributed by atoms with E-state index in [2.05, 4.69) is 20.4 Å². The number of nitrogens with one attached hydrogen (secondary N) is 1. The molecular formula is C18H15ClN6O. The van der Waals surface area contributed by atoms with Gasteiger partial charge in [-0.1, -0.05) is 29.8 Å². The van der Waals surface area contributed by atoms with Crippen molar-refractivity contribution in [2.75, 3.05) is 5.32 Å². The molecule has 0 saturated heterocycles. The summed E-state index contributed by atoms with van der Waals surface area (Å²) in [7, 11) is 0. The van der Waals surface area contributed by atoms with Gasteiger partial charge < -0.3 is 11.1 Å². The molecule has 0 fully saturated rings. The minimum absolute atomic E-state index is 0.397. The highest BCUT2D eigenvalue weighted by molar-refractivity contribution is 6.31. The van der Waals surface area contributed by atoms with Gasteiger partial charge in [-0.05, 0) is 25.1 Å². The zero-order valence-corrected chi connectivity index (χ0v) is 14.6. The van der Waals surface area contributed by atoms with Crippen LogP contribution in [0.3, 0.4) is 0 Å². The minimum atomic E-state index is -0.560. The van der Waals surface area contributed by atoms with Crippen molar-refractivity contribution >= 4 is 23.5 Å². The van der Waals surface area contributed by atoms with E-state index in [1.54, 1.807) is 30.1 Å². The van der Waals surface area contributed by atoms with Gasteiger partial charge in [0, 0.05) is 34.2 Å². The number of amides is 1. The molecule has 1 aliphatic heterocycles. The summed E-state index contributed by atoms with van der Waals surface area (Å²) in [6.45, 7) is 1.78. The lowest BCUT2D eigenvalue weighted by Gasteiger charge is -2.28. The molecule has 0 bridgehead atoms. The van der Waals surface area contributed by atoms with E-state index in [4.69, 9.17) is 17.3 Å². The van der Waals surface area contributed by atoms with Crippen molar-refractivity contribution in [3.63, 3.8) is 0 Å². The zero-order chi connectivity index (χ0) is 18.3. The largest absolute Gasteiger partial charge is 0.366 e. The molecule has 1 aliphatic rings. The molecule has 1 aromatic carbocycles. The highest BCUT2D eigenvalue weighted by atomic mass is 35.5. The monoisotopic (exact) mass is 366 g/mol. The summed E-state index contributed by atoms with van der Waals surface area (Å²) in [6.07, 6.45) is 3.36. The van der Waals surface area contributed by atoms with Crippen LogP contribution in [0.4, 0.5) is 5.95 Å². The average molecular weight is 367 g/mol. The average Bonchev–Trinajstić information content (AvgIpc) is 3.05. The van der Waals surface area contributed by atoms with Gasteiger partial charge in [0.25, 0.3) is 0 Å². The molecule has 2 aromatic heterocycles. The second-order valence-electron chi connectivity index (χ2n) is 5.90. The topological polar surface area (TPSA) is 98.7 Å². The number of anilines is 1. The van der Waals surface area contributed by atoms with Crippen molar-refractivity contribution < 1.29 is 4.79 Å². The number of fused-ring (bicyclic) bond motifs is 1. The lowest BCUT2D eigenvalue weighted by Crippen LogP contribution is -2.32. The summed E-state index contributed by atoms with van der Waals surface area (Å²) in [5.41, 5.74) is 8.18. The summed E-state index contributed by atoms with van der Waals surface area (Å²) >= 11 is 6.40. The Bertz CT molecular complexity index is 1030. The summed E-state index contributed by atoms with van der Waals surface area (Å²) in [5, 5.41) is 8.22. The summed E-state index contributed by atoms with van der Waals surface area (Å²) in [5.74, 6) is 0.469. The Balaban J connectivity index is 1.92. The molecule has 7 nitrogen and oxygen atoms in total. The van der Waals surface area contributed by atoms with Crippen molar-refractivity contribution in [3.8, 4) is 11.4 Å². The molecule has 3 aromatic rings. The third kappa shape index (κ3) is 2.62. The lowest BCUT2D eigenvalue weighted by molar-refractivity contribution is -0.115. The Morgan fingerprint density at radius 2 is 2.08 bits per heavy atom. The van der Waals surface area contributed by atoms with Gasteiger partial charge in [-0.25, -0.2) is 4.68 Å². The van der Waals surface area contributed by atoms with Crippen LogP contribution in [0.2, 0.25) is 5.02 Å². The molecule has 1 unspecified atom stereocenters. The van der Waals surface area contributed by atoms with Crippen molar-refractivity contribution in [2.24, 2.45) is 5.73 Å². The molecular weight excluding hydrogens is 352 g/mol. The van der Waals surface area contributed by atoms with Gasteiger partial charge in [-0.15, -0.1) is 5.10 Å². The number of halogens is 1. The number of carbonyl (C=O) groups excluding carboxylic acids is 1. The maximum Gasteiger partial charge on any atom is 0.248 e. The fourth-order valence-corrected chi connectivity index (χ4v) is 3.31.